The fourth-order valence-electron chi connectivity index (χ4n) is 4.50. The first-order chi connectivity index (χ1) is 25.0. The SMILES string of the molecule is CCc1cccc(CC)c1NC(=O)C=CC(=O)O.COc1cccc(CC(=O)NC(C(=O)O)C(C)C)c1.O=C(O)/C=C/C(O)c1ccc([N+](=O)[O-])cc1. The average Bonchev–Trinajstić information content (AvgIpc) is 3.12. The summed E-state index contributed by atoms with van der Waals surface area (Å²) in [6, 6.07) is 17.4. The fourth-order valence-corrected chi connectivity index (χ4v) is 4.50. The van der Waals surface area contributed by atoms with Gasteiger partial charge in [-0.25, -0.2) is 14.4 Å². The van der Waals surface area contributed by atoms with Gasteiger partial charge in [0.25, 0.3) is 5.69 Å². The third kappa shape index (κ3) is 16.9. The number of aliphatic hydroxyl groups is 1. The number of para-hydroxylation sites is 1. The van der Waals surface area contributed by atoms with Gasteiger partial charge >= 0.3 is 17.9 Å². The van der Waals surface area contributed by atoms with Crippen molar-refractivity contribution in [1.29, 1.82) is 0 Å². The molecule has 15 heteroatoms. The summed E-state index contributed by atoms with van der Waals surface area (Å²) in [6.07, 6.45) is 4.42. The summed E-state index contributed by atoms with van der Waals surface area (Å²) in [5, 5.41) is 50.9. The van der Waals surface area contributed by atoms with Crippen LogP contribution >= 0.6 is 0 Å². The number of aryl methyl sites for hydroxylation is 2. The molecule has 2 atom stereocenters. The Morgan fingerprint density at radius 1 is 0.849 bits per heavy atom. The molecule has 0 aliphatic rings. The Balaban J connectivity index is 0.000000399. The zero-order chi connectivity index (χ0) is 40.1. The standard InChI is InChI=1S/C14H19NO4.C14H17NO3.C10H9NO5/c1-9(2)13(14(17)18)15-12(16)8-10-5-4-6-11(7-10)19-3;1-3-10-6-5-7-11(4-2)14(10)15-12(16)8-9-13(17)18;12-9(5-6-10(13)14)7-1-3-8(4-2-7)11(15)16/h4-7,9,13H,8H2,1-3H3,(H,15,16)(H,17,18);5-9H,3-4H2,1-2H3,(H,15,16)(H,17,18);1-6,9,12H,(H,13,14)/b;;6-5+. The highest BCUT2D eigenvalue weighted by molar-refractivity contribution is 6.03. The molecular formula is C38H45N3O12. The number of aliphatic carboxylic acids is 3. The molecule has 2 amide bonds. The first-order valence-electron chi connectivity index (χ1n) is 16.3. The van der Waals surface area contributed by atoms with Crippen LogP contribution in [0.3, 0.4) is 0 Å². The number of non-ortho nitro benzene ring substituents is 1. The maximum Gasteiger partial charge on any atom is 0.328 e. The average molecular weight is 736 g/mol. The molecule has 0 spiro atoms. The van der Waals surface area contributed by atoms with Crippen LogP contribution in [0.1, 0.15) is 56.1 Å². The van der Waals surface area contributed by atoms with Crippen LogP contribution in [-0.2, 0) is 43.2 Å². The zero-order valence-corrected chi connectivity index (χ0v) is 30.0. The Morgan fingerprint density at radius 3 is 1.89 bits per heavy atom. The molecule has 3 rings (SSSR count). The van der Waals surface area contributed by atoms with Crippen LogP contribution in [0.5, 0.6) is 5.75 Å². The smallest absolute Gasteiger partial charge is 0.328 e. The number of benzene rings is 3. The molecule has 284 valence electrons. The normalized spacial score (nSPS) is 11.7. The number of methoxy groups -OCH3 is 1. The second-order valence-electron chi connectivity index (χ2n) is 11.5. The first-order valence-corrected chi connectivity index (χ1v) is 16.3. The van der Waals surface area contributed by atoms with Crippen LogP contribution in [0.4, 0.5) is 11.4 Å². The Labute approximate surface area is 306 Å². The van der Waals surface area contributed by atoms with Crippen molar-refractivity contribution in [3.63, 3.8) is 0 Å². The topological polar surface area (TPSA) is 243 Å². The van der Waals surface area contributed by atoms with Crippen molar-refractivity contribution in [1.82, 2.24) is 5.32 Å². The number of nitrogens with one attached hydrogen (secondary N) is 2. The number of nitrogens with zero attached hydrogens (tertiary/aromatic N) is 1. The van der Waals surface area contributed by atoms with Crippen LogP contribution in [0.25, 0.3) is 0 Å². The maximum atomic E-state index is 11.8. The lowest BCUT2D eigenvalue weighted by atomic mass is 10.0. The van der Waals surface area contributed by atoms with Gasteiger partial charge < -0.3 is 35.8 Å². The number of rotatable bonds is 15. The Morgan fingerprint density at radius 2 is 1.42 bits per heavy atom. The zero-order valence-electron chi connectivity index (χ0n) is 30.0. The maximum absolute atomic E-state index is 11.8. The predicted molar refractivity (Wildman–Crippen MR) is 197 cm³/mol. The molecule has 0 aromatic heterocycles. The lowest BCUT2D eigenvalue weighted by Crippen LogP contribution is -2.44. The Hall–Kier alpha value is -6.35. The fraction of sp³-hybridized carbons (Fsp3) is 0.289. The molecule has 15 nitrogen and oxygen atoms in total. The highest BCUT2D eigenvalue weighted by Crippen LogP contribution is 2.23. The van der Waals surface area contributed by atoms with Crippen molar-refractivity contribution >= 4 is 41.1 Å². The highest BCUT2D eigenvalue weighted by Gasteiger charge is 2.23. The number of carbonyl (C=O) groups is 5. The van der Waals surface area contributed by atoms with Gasteiger partial charge in [0.05, 0.1) is 24.6 Å². The summed E-state index contributed by atoms with van der Waals surface area (Å²) in [6.45, 7) is 7.53. The molecule has 0 radical (unpaired) electrons. The van der Waals surface area contributed by atoms with E-state index < -0.39 is 40.9 Å². The summed E-state index contributed by atoms with van der Waals surface area (Å²) in [5.74, 6) is -3.54. The van der Waals surface area contributed by atoms with Crippen molar-refractivity contribution in [2.45, 2.75) is 59.1 Å². The van der Waals surface area contributed by atoms with Crippen molar-refractivity contribution in [2.75, 3.05) is 12.4 Å². The van der Waals surface area contributed by atoms with Gasteiger partial charge in [0.15, 0.2) is 0 Å². The summed E-state index contributed by atoms with van der Waals surface area (Å²) in [5.41, 5.74) is 3.98. The predicted octanol–water partition coefficient (Wildman–Crippen LogP) is 5.12. The number of carboxylic acids is 3. The number of nitro groups is 1. The van der Waals surface area contributed by atoms with E-state index in [0.29, 0.717) is 11.3 Å². The van der Waals surface area contributed by atoms with E-state index in [9.17, 15) is 39.2 Å². The first kappa shape index (κ1) is 44.7. The van der Waals surface area contributed by atoms with E-state index in [2.05, 4.69) is 10.6 Å². The molecule has 53 heavy (non-hydrogen) atoms. The number of carboxylic acid groups (broad SMARTS) is 3. The van der Waals surface area contributed by atoms with E-state index in [0.717, 1.165) is 59.5 Å². The van der Waals surface area contributed by atoms with Crippen LogP contribution in [0.15, 0.2) is 91.0 Å². The van der Waals surface area contributed by atoms with Crippen LogP contribution in [0.2, 0.25) is 0 Å². The van der Waals surface area contributed by atoms with Crippen LogP contribution in [-0.4, -0.2) is 68.2 Å². The molecule has 0 bridgehead atoms. The van der Waals surface area contributed by atoms with Crippen molar-refractivity contribution in [3.05, 3.63) is 123 Å². The lowest BCUT2D eigenvalue weighted by Gasteiger charge is -2.17. The van der Waals surface area contributed by atoms with Gasteiger partial charge in [-0.1, -0.05) is 58.0 Å². The summed E-state index contributed by atoms with van der Waals surface area (Å²) in [7, 11) is 1.55. The number of amides is 2. The molecule has 3 aromatic rings. The summed E-state index contributed by atoms with van der Waals surface area (Å²) in [4.78, 5) is 64.7. The third-order valence-corrected chi connectivity index (χ3v) is 7.24. The van der Waals surface area contributed by atoms with Gasteiger partial charge in [-0.3, -0.25) is 19.7 Å². The molecule has 0 saturated carbocycles. The third-order valence-electron chi connectivity index (χ3n) is 7.24. The van der Waals surface area contributed by atoms with Gasteiger partial charge in [-0.05, 0) is 71.4 Å². The minimum absolute atomic E-state index is 0.0850. The van der Waals surface area contributed by atoms with E-state index in [-0.39, 0.29) is 23.9 Å². The second-order valence-corrected chi connectivity index (χ2v) is 11.5. The molecule has 3 aromatic carbocycles. The van der Waals surface area contributed by atoms with Crippen LogP contribution in [0, 0.1) is 16.0 Å². The molecule has 0 aliphatic carbocycles. The monoisotopic (exact) mass is 735 g/mol. The minimum atomic E-state index is -1.17. The van der Waals surface area contributed by atoms with Crippen LogP contribution < -0.4 is 15.4 Å². The summed E-state index contributed by atoms with van der Waals surface area (Å²) >= 11 is 0. The van der Waals surface area contributed by atoms with Gasteiger partial charge in [-0.15, -0.1) is 0 Å². The molecule has 0 aliphatic heterocycles. The largest absolute Gasteiger partial charge is 0.497 e. The van der Waals surface area contributed by atoms with E-state index >= 15 is 0 Å². The van der Waals surface area contributed by atoms with E-state index in [4.69, 9.17) is 20.1 Å². The number of hydrogen-bond acceptors (Lipinski definition) is 9. The van der Waals surface area contributed by atoms with Crippen molar-refractivity contribution in [3.8, 4) is 5.75 Å². The van der Waals surface area contributed by atoms with Crippen molar-refractivity contribution < 1.29 is 54.1 Å². The van der Waals surface area contributed by atoms with Gasteiger partial charge in [0, 0.05) is 36.0 Å². The number of hydrogen-bond donors (Lipinski definition) is 6. The Kier molecular flexibility index (Phi) is 19.5. The van der Waals surface area contributed by atoms with E-state index in [1.54, 1.807) is 45.2 Å². The van der Waals surface area contributed by atoms with Gasteiger partial charge in [-0.2, -0.15) is 0 Å². The number of ether oxygens (including phenoxy) is 1. The molecular weight excluding hydrogens is 690 g/mol. The van der Waals surface area contributed by atoms with E-state index in [1.807, 2.05) is 32.0 Å². The van der Waals surface area contributed by atoms with Gasteiger partial charge in [0.2, 0.25) is 11.8 Å². The van der Waals surface area contributed by atoms with Crippen molar-refractivity contribution in [2.24, 2.45) is 5.92 Å². The molecule has 0 heterocycles. The number of anilines is 1. The summed E-state index contributed by atoms with van der Waals surface area (Å²) < 4.78 is 5.07. The highest BCUT2D eigenvalue weighted by atomic mass is 16.6. The number of carbonyl (C=O) groups excluding carboxylic acids is 2. The minimum Gasteiger partial charge on any atom is -0.497 e. The quantitative estimate of drug-likeness (QED) is 0.0677. The Bertz CT molecular complexity index is 1750. The number of nitro benzene ring substituents is 1. The molecule has 0 saturated heterocycles. The molecule has 6 N–H and O–H groups in total. The molecule has 2 unspecified atom stereocenters. The van der Waals surface area contributed by atoms with E-state index in [1.165, 1.54) is 24.3 Å². The molecule has 0 fully saturated rings. The lowest BCUT2D eigenvalue weighted by molar-refractivity contribution is -0.384. The second kappa shape index (κ2) is 23.2. The van der Waals surface area contributed by atoms with Gasteiger partial charge in [0.1, 0.15) is 11.8 Å². The number of aliphatic hydroxyl groups excluding tert-OH is 1.